The summed E-state index contributed by atoms with van der Waals surface area (Å²) in [6, 6.07) is 0.886. The Morgan fingerprint density at radius 3 is 2.89 bits per heavy atom. The van der Waals surface area contributed by atoms with E-state index in [1.807, 2.05) is 0 Å². The molecule has 1 amide bonds. The van der Waals surface area contributed by atoms with E-state index in [4.69, 9.17) is 5.73 Å². The average molecular weight is 254 g/mol. The first-order valence-corrected chi connectivity index (χ1v) is 7.13. The summed E-state index contributed by atoms with van der Waals surface area (Å²) in [5.74, 6) is 0.0953. The number of amides is 1. The molecular formula is C13H26N4O. The van der Waals surface area contributed by atoms with Crippen molar-refractivity contribution in [1.29, 1.82) is 0 Å². The molecule has 2 saturated heterocycles. The van der Waals surface area contributed by atoms with Crippen LogP contribution in [-0.2, 0) is 4.79 Å². The molecule has 18 heavy (non-hydrogen) atoms. The van der Waals surface area contributed by atoms with E-state index in [-0.39, 0.29) is 11.9 Å². The highest BCUT2D eigenvalue weighted by molar-refractivity contribution is 5.76. The molecule has 0 aromatic rings. The molecule has 2 aliphatic heterocycles. The lowest BCUT2D eigenvalue weighted by atomic mass is 10.1. The first-order chi connectivity index (χ1) is 8.74. The molecule has 2 aliphatic rings. The van der Waals surface area contributed by atoms with Crippen molar-refractivity contribution in [2.45, 2.75) is 37.8 Å². The highest BCUT2D eigenvalue weighted by Crippen LogP contribution is 2.22. The van der Waals surface area contributed by atoms with Crippen LogP contribution in [-0.4, -0.2) is 67.6 Å². The van der Waals surface area contributed by atoms with Gasteiger partial charge < -0.3 is 11.1 Å². The Kier molecular flexibility index (Phi) is 4.97. The molecule has 0 aromatic carbocycles. The van der Waals surface area contributed by atoms with Crippen LogP contribution in [0.25, 0.3) is 0 Å². The zero-order valence-electron chi connectivity index (χ0n) is 11.4. The Balaban J connectivity index is 1.94. The fourth-order valence-corrected chi connectivity index (χ4v) is 3.24. The summed E-state index contributed by atoms with van der Waals surface area (Å²) in [6.07, 6.45) is 4.34. The van der Waals surface area contributed by atoms with Crippen LogP contribution in [0, 0.1) is 0 Å². The number of nitrogens with zero attached hydrogens (tertiary/aromatic N) is 2. The number of nitrogens with one attached hydrogen (secondary N) is 1. The van der Waals surface area contributed by atoms with Crippen LogP contribution in [0.5, 0.6) is 0 Å². The van der Waals surface area contributed by atoms with Crippen LogP contribution >= 0.6 is 0 Å². The summed E-state index contributed by atoms with van der Waals surface area (Å²) in [4.78, 5) is 16.6. The van der Waals surface area contributed by atoms with E-state index in [0.717, 1.165) is 13.1 Å². The molecule has 0 aromatic heterocycles. The van der Waals surface area contributed by atoms with Gasteiger partial charge >= 0.3 is 0 Å². The van der Waals surface area contributed by atoms with Crippen molar-refractivity contribution in [2.75, 3.05) is 39.8 Å². The minimum Gasteiger partial charge on any atom is -0.359 e. The van der Waals surface area contributed by atoms with Gasteiger partial charge in [0.25, 0.3) is 0 Å². The van der Waals surface area contributed by atoms with Gasteiger partial charge in [-0.2, -0.15) is 0 Å². The van der Waals surface area contributed by atoms with Gasteiger partial charge in [-0.15, -0.1) is 0 Å². The third-order valence-corrected chi connectivity index (χ3v) is 4.32. The quantitative estimate of drug-likeness (QED) is 0.718. The van der Waals surface area contributed by atoms with E-state index in [2.05, 4.69) is 15.1 Å². The first kappa shape index (κ1) is 13.8. The monoisotopic (exact) mass is 254 g/mol. The second-order valence-electron chi connectivity index (χ2n) is 5.45. The minimum atomic E-state index is 0.0953. The summed E-state index contributed by atoms with van der Waals surface area (Å²) in [5.41, 5.74) is 5.86. The normalized spacial score (nSPS) is 27.6. The van der Waals surface area contributed by atoms with Crippen LogP contribution in [0.15, 0.2) is 0 Å². The Bertz CT molecular complexity index is 284. The van der Waals surface area contributed by atoms with Gasteiger partial charge in [-0.3, -0.25) is 14.6 Å². The molecule has 2 rings (SSSR count). The van der Waals surface area contributed by atoms with Gasteiger partial charge in [-0.25, -0.2) is 0 Å². The van der Waals surface area contributed by atoms with Crippen molar-refractivity contribution in [3.63, 3.8) is 0 Å². The summed E-state index contributed by atoms with van der Waals surface area (Å²) in [7, 11) is 1.69. The molecule has 0 saturated carbocycles. The number of carbonyl (C=O) groups excluding carboxylic acids is 1. The average Bonchev–Trinajstić information content (AvgIpc) is 2.73. The Labute approximate surface area is 110 Å². The second-order valence-corrected chi connectivity index (χ2v) is 5.45. The molecule has 2 heterocycles. The maximum Gasteiger partial charge on any atom is 0.221 e. The molecule has 0 radical (unpaired) electrons. The van der Waals surface area contributed by atoms with Crippen molar-refractivity contribution in [1.82, 2.24) is 15.1 Å². The molecule has 2 unspecified atom stereocenters. The summed E-state index contributed by atoms with van der Waals surface area (Å²) in [6.45, 7) is 5.19. The maximum absolute atomic E-state index is 11.5. The highest BCUT2D eigenvalue weighted by Gasteiger charge is 2.31. The van der Waals surface area contributed by atoms with Gasteiger partial charge in [0.2, 0.25) is 5.91 Å². The minimum absolute atomic E-state index is 0.0953. The SMILES string of the molecule is CNC(=O)CC(CN)N1CCCN2CCCC2C1. The molecule has 5 heteroatoms. The van der Waals surface area contributed by atoms with Crippen LogP contribution in [0.1, 0.15) is 25.7 Å². The molecule has 0 aliphatic carbocycles. The summed E-state index contributed by atoms with van der Waals surface area (Å²) in [5, 5.41) is 2.70. The van der Waals surface area contributed by atoms with Gasteiger partial charge in [0, 0.05) is 38.6 Å². The van der Waals surface area contributed by atoms with E-state index < -0.39 is 0 Å². The largest absolute Gasteiger partial charge is 0.359 e. The summed E-state index contributed by atoms with van der Waals surface area (Å²) < 4.78 is 0. The van der Waals surface area contributed by atoms with E-state index >= 15 is 0 Å². The molecular weight excluding hydrogens is 228 g/mol. The van der Waals surface area contributed by atoms with Crippen molar-refractivity contribution in [3.05, 3.63) is 0 Å². The van der Waals surface area contributed by atoms with E-state index in [0.29, 0.717) is 19.0 Å². The predicted octanol–water partition coefficient (Wildman–Crippen LogP) is -0.380. The van der Waals surface area contributed by atoms with Crippen molar-refractivity contribution < 1.29 is 4.79 Å². The molecule has 5 nitrogen and oxygen atoms in total. The maximum atomic E-state index is 11.5. The molecule has 3 N–H and O–H groups in total. The number of hydrogen-bond acceptors (Lipinski definition) is 4. The van der Waals surface area contributed by atoms with Crippen LogP contribution in [0.3, 0.4) is 0 Å². The Morgan fingerprint density at radius 1 is 1.39 bits per heavy atom. The Hall–Kier alpha value is -0.650. The van der Waals surface area contributed by atoms with Gasteiger partial charge in [-0.05, 0) is 38.9 Å². The molecule has 2 fully saturated rings. The van der Waals surface area contributed by atoms with E-state index in [1.54, 1.807) is 7.05 Å². The van der Waals surface area contributed by atoms with E-state index in [1.165, 1.54) is 32.4 Å². The van der Waals surface area contributed by atoms with Gasteiger partial charge in [0.05, 0.1) is 0 Å². The molecule has 104 valence electrons. The smallest absolute Gasteiger partial charge is 0.221 e. The van der Waals surface area contributed by atoms with Gasteiger partial charge in [0.15, 0.2) is 0 Å². The first-order valence-electron chi connectivity index (χ1n) is 7.13. The van der Waals surface area contributed by atoms with Gasteiger partial charge in [-0.1, -0.05) is 0 Å². The predicted molar refractivity (Wildman–Crippen MR) is 72.3 cm³/mol. The fourth-order valence-electron chi connectivity index (χ4n) is 3.24. The zero-order valence-corrected chi connectivity index (χ0v) is 11.4. The van der Waals surface area contributed by atoms with Gasteiger partial charge in [0.1, 0.15) is 0 Å². The lowest BCUT2D eigenvalue weighted by Crippen LogP contribution is -2.47. The van der Waals surface area contributed by atoms with Crippen molar-refractivity contribution in [3.8, 4) is 0 Å². The van der Waals surface area contributed by atoms with Crippen molar-refractivity contribution in [2.24, 2.45) is 5.73 Å². The number of carbonyl (C=O) groups is 1. The van der Waals surface area contributed by atoms with Crippen LogP contribution in [0.4, 0.5) is 0 Å². The topological polar surface area (TPSA) is 61.6 Å². The van der Waals surface area contributed by atoms with Crippen LogP contribution in [0.2, 0.25) is 0 Å². The third-order valence-electron chi connectivity index (χ3n) is 4.32. The molecule has 0 spiro atoms. The third kappa shape index (κ3) is 3.22. The molecule has 0 bridgehead atoms. The fraction of sp³-hybridized carbons (Fsp3) is 0.923. The van der Waals surface area contributed by atoms with E-state index in [9.17, 15) is 4.79 Å². The highest BCUT2D eigenvalue weighted by atomic mass is 16.1. The standard InChI is InChI=1S/C13H26N4O/c1-15-13(18)8-12(9-14)17-7-3-6-16-5-2-4-11(16)10-17/h11-12H,2-10,14H2,1H3,(H,15,18). The number of rotatable bonds is 4. The lowest BCUT2D eigenvalue weighted by molar-refractivity contribution is -0.121. The molecule has 2 atom stereocenters. The Morgan fingerprint density at radius 2 is 2.17 bits per heavy atom. The van der Waals surface area contributed by atoms with Crippen molar-refractivity contribution >= 4 is 5.91 Å². The number of hydrogen-bond donors (Lipinski definition) is 2. The number of fused-ring (bicyclic) bond motifs is 1. The lowest BCUT2D eigenvalue weighted by Gasteiger charge is -2.31. The van der Waals surface area contributed by atoms with Crippen LogP contribution < -0.4 is 11.1 Å². The second kappa shape index (κ2) is 6.50. The zero-order chi connectivity index (χ0) is 13.0. The summed E-state index contributed by atoms with van der Waals surface area (Å²) >= 11 is 0. The number of nitrogens with two attached hydrogens (primary N) is 1.